The maximum Gasteiger partial charge on any atom is 0.244 e. The highest BCUT2D eigenvalue weighted by molar-refractivity contribution is 6.39. The number of halogens is 2. The van der Waals surface area contributed by atoms with Gasteiger partial charge in [-0.15, -0.1) is 0 Å². The van der Waals surface area contributed by atoms with Gasteiger partial charge in [0.15, 0.2) is 0 Å². The highest BCUT2D eigenvalue weighted by Crippen LogP contribution is 2.29. The van der Waals surface area contributed by atoms with Crippen molar-refractivity contribution in [3.05, 3.63) is 52.4 Å². The smallest absolute Gasteiger partial charge is 0.244 e. The van der Waals surface area contributed by atoms with Gasteiger partial charge in [0.05, 0.1) is 41.1 Å². The van der Waals surface area contributed by atoms with Crippen LogP contribution in [0.15, 0.2) is 41.0 Å². The van der Waals surface area contributed by atoms with Crippen LogP contribution in [0.25, 0.3) is 0 Å². The van der Waals surface area contributed by atoms with E-state index < -0.39 is 0 Å². The number of furan rings is 1. The van der Waals surface area contributed by atoms with Gasteiger partial charge >= 0.3 is 0 Å². The van der Waals surface area contributed by atoms with Gasteiger partial charge in [0.25, 0.3) is 0 Å². The Balaban J connectivity index is 1.83. The Bertz CT molecular complexity index is 714. The van der Waals surface area contributed by atoms with Crippen LogP contribution in [0, 0.1) is 0 Å². The van der Waals surface area contributed by atoms with Gasteiger partial charge in [0.1, 0.15) is 5.76 Å². The fraction of sp³-hybridized carbons (Fsp3) is 0.294. The number of amides is 2. The van der Waals surface area contributed by atoms with E-state index in [1.165, 1.54) is 4.90 Å². The van der Waals surface area contributed by atoms with Crippen molar-refractivity contribution in [2.75, 3.05) is 25.5 Å². The van der Waals surface area contributed by atoms with E-state index in [9.17, 15) is 9.59 Å². The van der Waals surface area contributed by atoms with Crippen LogP contribution in [0.5, 0.6) is 0 Å². The molecule has 6 nitrogen and oxygen atoms in total. The average Bonchev–Trinajstić information content (AvgIpc) is 3.10. The van der Waals surface area contributed by atoms with E-state index >= 15 is 0 Å². The highest BCUT2D eigenvalue weighted by atomic mass is 35.5. The van der Waals surface area contributed by atoms with Crippen molar-refractivity contribution < 1.29 is 14.0 Å². The predicted molar refractivity (Wildman–Crippen MR) is 97.9 cm³/mol. The quantitative estimate of drug-likeness (QED) is 0.768. The van der Waals surface area contributed by atoms with Crippen molar-refractivity contribution in [2.45, 2.75) is 13.0 Å². The monoisotopic (exact) mass is 383 g/mol. The molecule has 0 spiro atoms. The summed E-state index contributed by atoms with van der Waals surface area (Å²) in [5, 5.41) is 6.34. The van der Waals surface area contributed by atoms with Crippen LogP contribution in [-0.4, -0.2) is 36.9 Å². The molecule has 1 atom stereocenters. The molecule has 0 unspecified atom stereocenters. The Morgan fingerprint density at radius 2 is 1.88 bits per heavy atom. The average molecular weight is 384 g/mol. The first-order valence-corrected chi connectivity index (χ1v) is 8.38. The van der Waals surface area contributed by atoms with Gasteiger partial charge in [-0.1, -0.05) is 29.3 Å². The lowest BCUT2D eigenvalue weighted by atomic mass is 10.2. The third kappa shape index (κ3) is 5.49. The maximum absolute atomic E-state index is 12.1. The summed E-state index contributed by atoms with van der Waals surface area (Å²) in [6, 6.07) is 8.43. The summed E-state index contributed by atoms with van der Waals surface area (Å²) in [5.74, 6) is 0.130. The van der Waals surface area contributed by atoms with Crippen molar-refractivity contribution in [2.24, 2.45) is 0 Å². The van der Waals surface area contributed by atoms with E-state index in [0.29, 0.717) is 15.7 Å². The van der Waals surface area contributed by atoms with E-state index in [1.54, 1.807) is 37.6 Å². The Kier molecular flexibility index (Phi) is 6.87. The first-order chi connectivity index (χ1) is 11.9. The largest absolute Gasteiger partial charge is 0.468 e. The summed E-state index contributed by atoms with van der Waals surface area (Å²) in [7, 11) is 1.55. The van der Waals surface area contributed by atoms with Gasteiger partial charge in [0, 0.05) is 7.05 Å². The molecule has 2 rings (SSSR count). The number of hydrogen-bond acceptors (Lipinski definition) is 4. The molecule has 0 fully saturated rings. The molecule has 0 saturated carbocycles. The zero-order valence-corrected chi connectivity index (χ0v) is 15.4. The van der Waals surface area contributed by atoms with Gasteiger partial charge in [-0.2, -0.15) is 0 Å². The molecular formula is C17H19Cl2N3O3. The lowest BCUT2D eigenvalue weighted by Gasteiger charge is -2.19. The minimum absolute atomic E-state index is 0.0818. The van der Waals surface area contributed by atoms with E-state index in [4.69, 9.17) is 27.6 Å². The van der Waals surface area contributed by atoms with Crippen LogP contribution in [0.4, 0.5) is 5.69 Å². The van der Waals surface area contributed by atoms with E-state index in [2.05, 4.69) is 10.6 Å². The van der Waals surface area contributed by atoms with Crippen LogP contribution >= 0.6 is 23.2 Å². The van der Waals surface area contributed by atoms with Crippen LogP contribution in [-0.2, 0) is 9.59 Å². The van der Waals surface area contributed by atoms with E-state index in [0.717, 1.165) is 5.76 Å². The van der Waals surface area contributed by atoms with Crippen molar-refractivity contribution in [1.29, 1.82) is 0 Å². The number of para-hydroxylation sites is 1. The summed E-state index contributed by atoms with van der Waals surface area (Å²) >= 11 is 12.0. The predicted octanol–water partition coefficient (Wildman–Crippen LogP) is 3.33. The number of rotatable bonds is 7. The van der Waals surface area contributed by atoms with Gasteiger partial charge in [0.2, 0.25) is 11.8 Å². The van der Waals surface area contributed by atoms with E-state index in [-0.39, 0.29) is 30.9 Å². The standard InChI is InChI=1S/C17H19Cl2N3O3/c1-11(14-7-4-8-25-14)20-9-16(24)22(2)10-15(23)21-17-12(18)5-3-6-13(17)19/h3-8,11,20H,9-10H2,1-2H3,(H,21,23)/t11-/m1/s1. The number of nitrogens with one attached hydrogen (secondary N) is 2. The topological polar surface area (TPSA) is 74.6 Å². The summed E-state index contributed by atoms with van der Waals surface area (Å²) in [5.41, 5.74) is 0.334. The molecule has 0 aliphatic rings. The molecule has 134 valence electrons. The molecule has 0 aliphatic heterocycles. The first-order valence-electron chi connectivity index (χ1n) is 7.63. The maximum atomic E-state index is 12.1. The molecular weight excluding hydrogens is 365 g/mol. The second-order valence-electron chi connectivity index (χ2n) is 5.51. The number of carbonyl (C=O) groups excluding carboxylic acids is 2. The lowest BCUT2D eigenvalue weighted by Crippen LogP contribution is -2.40. The first kappa shape index (κ1) is 19.3. The second-order valence-corrected chi connectivity index (χ2v) is 6.33. The molecule has 1 heterocycles. The number of carbonyl (C=O) groups is 2. The molecule has 0 aliphatic carbocycles. The molecule has 2 amide bonds. The van der Waals surface area contributed by atoms with Gasteiger partial charge in [-0.3, -0.25) is 14.9 Å². The lowest BCUT2D eigenvalue weighted by molar-refractivity contribution is -0.132. The molecule has 1 aromatic carbocycles. The Morgan fingerprint density at radius 1 is 1.20 bits per heavy atom. The third-order valence-electron chi connectivity index (χ3n) is 3.56. The fourth-order valence-corrected chi connectivity index (χ4v) is 2.61. The van der Waals surface area contributed by atoms with Crippen LogP contribution < -0.4 is 10.6 Å². The number of hydrogen-bond donors (Lipinski definition) is 2. The minimum Gasteiger partial charge on any atom is -0.468 e. The molecule has 8 heteroatoms. The molecule has 0 bridgehead atoms. The van der Waals surface area contributed by atoms with Crippen molar-refractivity contribution in [3.8, 4) is 0 Å². The number of benzene rings is 1. The molecule has 2 aromatic rings. The number of anilines is 1. The summed E-state index contributed by atoms with van der Waals surface area (Å²) in [6.07, 6.45) is 1.58. The molecule has 2 N–H and O–H groups in total. The summed E-state index contributed by atoms with van der Waals surface area (Å²) < 4.78 is 5.26. The Hall–Kier alpha value is -2.02. The zero-order chi connectivity index (χ0) is 18.4. The molecule has 0 radical (unpaired) electrons. The molecule has 1 aromatic heterocycles. The zero-order valence-electron chi connectivity index (χ0n) is 13.9. The van der Waals surface area contributed by atoms with Gasteiger partial charge in [-0.05, 0) is 31.2 Å². The number of nitrogens with zero attached hydrogens (tertiary/aromatic N) is 1. The number of likely N-dealkylation sites (N-methyl/N-ethyl adjacent to an activating group) is 1. The van der Waals surface area contributed by atoms with Gasteiger partial charge in [-0.25, -0.2) is 0 Å². The Morgan fingerprint density at radius 3 is 2.48 bits per heavy atom. The Labute approximate surface area is 156 Å². The molecule has 0 saturated heterocycles. The SMILES string of the molecule is C[C@@H](NCC(=O)N(C)CC(=O)Nc1c(Cl)cccc1Cl)c1ccco1. The summed E-state index contributed by atoms with van der Waals surface area (Å²) in [4.78, 5) is 25.6. The van der Waals surface area contributed by atoms with Crippen LogP contribution in [0.3, 0.4) is 0 Å². The van der Waals surface area contributed by atoms with Crippen molar-refractivity contribution >= 4 is 40.7 Å². The normalized spacial score (nSPS) is 11.8. The highest BCUT2D eigenvalue weighted by Gasteiger charge is 2.16. The fourth-order valence-electron chi connectivity index (χ4n) is 2.11. The van der Waals surface area contributed by atoms with Crippen molar-refractivity contribution in [1.82, 2.24) is 10.2 Å². The minimum atomic E-state index is -0.384. The van der Waals surface area contributed by atoms with E-state index in [1.807, 2.05) is 13.0 Å². The van der Waals surface area contributed by atoms with Crippen LogP contribution in [0.2, 0.25) is 10.0 Å². The van der Waals surface area contributed by atoms with Crippen LogP contribution in [0.1, 0.15) is 18.7 Å². The molecule has 25 heavy (non-hydrogen) atoms. The van der Waals surface area contributed by atoms with Gasteiger partial charge < -0.3 is 14.6 Å². The third-order valence-corrected chi connectivity index (χ3v) is 4.19. The van der Waals surface area contributed by atoms with Crippen molar-refractivity contribution in [3.63, 3.8) is 0 Å². The second kappa shape index (κ2) is 8.89. The summed E-state index contributed by atoms with van der Waals surface area (Å²) in [6.45, 7) is 1.86.